The molecule has 1 N–H and O–H groups in total. The van der Waals surface area contributed by atoms with E-state index in [1.165, 1.54) is 23.5 Å². The van der Waals surface area contributed by atoms with Gasteiger partial charge in [0.15, 0.2) is 0 Å². The zero-order valence-electron chi connectivity index (χ0n) is 22.9. The van der Waals surface area contributed by atoms with Crippen molar-refractivity contribution in [3.63, 3.8) is 0 Å². The van der Waals surface area contributed by atoms with Crippen molar-refractivity contribution in [2.45, 2.75) is 69.5 Å². The van der Waals surface area contributed by atoms with Crippen LogP contribution >= 0.6 is 15.9 Å². The number of carbonyl (C=O) groups excluding carboxylic acids is 2. The van der Waals surface area contributed by atoms with Gasteiger partial charge in [0.05, 0.1) is 10.6 Å². The minimum Gasteiger partial charge on any atom is -0.352 e. The Bertz CT molecular complexity index is 1430. The Morgan fingerprint density at radius 2 is 1.65 bits per heavy atom. The maximum atomic E-state index is 14.0. The third-order valence-corrected chi connectivity index (χ3v) is 9.54. The highest BCUT2D eigenvalue weighted by atomic mass is 79.9. The molecule has 0 aliphatic heterocycles. The normalized spacial score (nSPS) is 14.8. The van der Waals surface area contributed by atoms with Crippen molar-refractivity contribution >= 4 is 43.5 Å². The summed E-state index contributed by atoms with van der Waals surface area (Å²) in [6.07, 6.45) is 5.16. The van der Waals surface area contributed by atoms with Crippen LogP contribution < -0.4 is 9.62 Å². The zero-order chi connectivity index (χ0) is 28.7. The van der Waals surface area contributed by atoms with Gasteiger partial charge in [-0.1, -0.05) is 77.7 Å². The van der Waals surface area contributed by atoms with E-state index in [4.69, 9.17) is 0 Å². The van der Waals surface area contributed by atoms with Crippen LogP contribution in [0.1, 0.15) is 50.2 Å². The van der Waals surface area contributed by atoms with E-state index in [0.29, 0.717) is 5.69 Å². The van der Waals surface area contributed by atoms with Crippen LogP contribution in [0.4, 0.5) is 5.69 Å². The summed E-state index contributed by atoms with van der Waals surface area (Å²) >= 11 is 3.48. The maximum absolute atomic E-state index is 14.0. The molecule has 4 rings (SSSR count). The van der Waals surface area contributed by atoms with Crippen molar-refractivity contribution in [3.05, 3.63) is 94.5 Å². The van der Waals surface area contributed by atoms with Crippen LogP contribution in [0.3, 0.4) is 0 Å². The second-order valence-corrected chi connectivity index (χ2v) is 13.1. The van der Waals surface area contributed by atoms with Crippen LogP contribution in [0, 0.1) is 6.92 Å². The van der Waals surface area contributed by atoms with Gasteiger partial charge in [0.2, 0.25) is 11.8 Å². The van der Waals surface area contributed by atoms with E-state index in [0.717, 1.165) is 45.6 Å². The van der Waals surface area contributed by atoms with Gasteiger partial charge in [-0.2, -0.15) is 0 Å². The minimum absolute atomic E-state index is 0.0888. The molecular weight excluding hydrogens is 590 g/mol. The van der Waals surface area contributed by atoms with Gasteiger partial charge in [0.25, 0.3) is 10.0 Å². The highest BCUT2D eigenvalue weighted by molar-refractivity contribution is 9.10. The first kappa shape index (κ1) is 29.8. The zero-order valence-corrected chi connectivity index (χ0v) is 25.3. The fourth-order valence-corrected chi connectivity index (χ4v) is 6.89. The first-order valence-corrected chi connectivity index (χ1v) is 15.9. The van der Waals surface area contributed by atoms with Crippen molar-refractivity contribution in [3.8, 4) is 0 Å². The van der Waals surface area contributed by atoms with E-state index in [1.807, 2.05) is 37.3 Å². The molecule has 0 aromatic heterocycles. The van der Waals surface area contributed by atoms with Gasteiger partial charge in [-0.15, -0.1) is 0 Å². The van der Waals surface area contributed by atoms with E-state index in [9.17, 15) is 18.0 Å². The molecule has 212 valence electrons. The molecule has 0 heterocycles. The molecule has 7 nitrogen and oxygen atoms in total. The molecule has 0 unspecified atom stereocenters. The minimum atomic E-state index is -4.07. The summed E-state index contributed by atoms with van der Waals surface area (Å²) in [5, 5.41) is 3.13. The SMILES string of the molecule is Cc1cccc(N(CC(=O)N(Cc2cccc(Br)c2)[C@H](C)C(=O)NC2CCCCC2)S(=O)(=O)c2ccccc2)c1. The number of aryl methyl sites for hydroxylation is 1. The Kier molecular flexibility index (Phi) is 10.0. The van der Waals surface area contributed by atoms with Crippen LogP contribution in [0.2, 0.25) is 0 Å². The fourth-order valence-electron chi connectivity index (χ4n) is 5.01. The lowest BCUT2D eigenvalue weighted by molar-refractivity contribution is -0.139. The molecule has 40 heavy (non-hydrogen) atoms. The highest BCUT2D eigenvalue weighted by Crippen LogP contribution is 2.26. The molecule has 0 radical (unpaired) electrons. The van der Waals surface area contributed by atoms with Gasteiger partial charge in [0, 0.05) is 17.1 Å². The summed E-state index contributed by atoms with van der Waals surface area (Å²) in [5.41, 5.74) is 2.08. The van der Waals surface area contributed by atoms with Crippen LogP contribution in [0.15, 0.2) is 88.2 Å². The number of halogens is 1. The second-order valence-electron chi connectivity index (χ2n) is 10.3. The largest absolute Gasteiger partial charge is 0.352 e. The van der Waals surface area contributed by atoms with Gasteiger partial charge in [0.1, 0.15) is 12.6 Å². The lowest BCUT2D eigenvalue weighted by atomic mass is 9.95. The van der Waals surface area contributed by atoms with Gasteiger partial charge in [-0.05, 0) is 74.2 Å². The molecular formula is C31H36BrN3O4S. The number of hydrogen-bond donors (Lipinski definition) is 1. The Labute approximate surface area is 245 Å². The molecule has 9 heteroatoms. The number of nitrogens with zero attached hydrogens (tertiary/aromatic N) is 2. The lowest BCUT2D eigenvalue weighted by Crippen LogP contribution is -2.53. The lowest BCUT2D eigenvalue weighted by Gasteiger charge is -2.33. The van der Waals surface area contributed by atoms with Crippen LogP contribution in [-0.2, 0) is 26.2 Å². The van der Waals surface area contributed by atoms with E-state index in [2.05, 4.69) is 21.2 Å². The molecule has 3 aromatic rings. The van der Waals surface area contributed by atoms with Gasteiger partial charge in [-0.3, -0.25) is 13.9 Å². The van der Waals surface area contributed by atoms with Gasteiger partial charge < -0.3 is 10.2 Å². The first-order valence-electron chi connectivity index (χ1n) is 13.6. The summed E-state index contributed by atoms with van der Waals surface area (Å²) in [5.74, 6) is -0.699. The van der Waals surface area contributed by atoms with E-state index >= 15 is 0 Å². The maximum Gasteiger partial charge on any atom is 0.264 e. The topological polar surface area (TPSA) is 86.8 Å². The molecule has 0 saturated heterocycles. The molecule has 0 bridgehead atoms. The van der Waals surface area contributed by atoms with Gasteiger partial charge >= 0.3 is 0 Å². The van der Waals surface area contributed by atoms with E-state index in [1.54, 1.807) is 43.3 Å². The van der Waals surface area contributed by atoms with Crippen molar-refractivity contribution in [1.29, 1.82) is 0 Å². The Morgan fingerprint density at radius 3 is 2.33 bits per heavy atom. The van der Waals surface area contributed by atoms with E-state index in [-0.39, 0.29) is 23.4 Å². The quantitative estimate of drug-likeness (QED) is 0.308. The van der Waals surface area contributed by atoms with Crippen molar-refractivity contribution < 1.29 is 18.0 Å². The third-order valence-electron chi connectivity index (χ3n) is 7.26. The molecule has 3 aromatic carbocycles. The molecule has 2 amide bonds. The Hall–Kier alpha value is -3.17. The predicted molar refractivity (Wildman–Crippen MR) is 161 cm³/mol. The molecule has 1 saturated carbocycles. The summed E-state index contributed by atoms with van der Waals surface area (Å²) < 4.78 is 29.7. The van der Waals surface area contributed by atoms with Crippen LogP contribution in [0.5, 0.6) is 0 Å². The molecule has 1 aliphatic carbocycles. The molecule has 0 spiro atoms. The van der Waals surface area contributed by atoms with Crippen LogP contribution in [-0.4, -0.2) is 43.8 Å². The van der Waals surface area contributed by atoms with Crippen molar-refractivity contribution in [2.24, 2.45) is 0 Å². The number of hydrogen-bond acceptors (Lipinski definition) is 4. The fraction of sp³-hybridized carbons (Fsp3) is 0.355. The summed E-state index contributed by atoms with van der Waals surface area (Å²) in [6, 6.07) is 22.0. The molecule has 1 atom stereocenters. The highest BCUT2D eigenvalue weighted by Gasteiger charge is 2.33. The average Bonchev–Trinajstić information content (AvgIpc) is 2.95. The third kappa shape index (κ3) is 7.52. The number of rotatable bonds is 10. The smallest absolute Gasteiger partial charge is 0.264 e. The van der Waals surface area contributed by atoms with E-state index < -0.39 is 28.5 Å². The molecule has 1 fully saturated rings. The summed E-state index contributed by atoms with van der Waals surface area (Å²) in [4.78, 5) is 29.0. The van der Waals surface area contributed by atoms with Crippen LogP contribution in [0.25, 0.3) is 0 Å². The monoisotopic (exact) mass is 625 g/mol. The standard InChI is InChI=1S/C31H36BrN3O4S/c1-23-11-9-16-28(19-23)35(40(38,39)29-17-7-4-8-18-29)22-30(36)34(21-25-12-10-13-26(32)20-25)24(2)31(37)33-27-14-5-3-6-15-27/h4,7-13,16-20,24,27H,3,5-6,14-15,21-22H2,1-2H3,(H,33,37)/t24-/m1/s1. The van der Waals surface area contributed by atoms with Crippen molar-refractivity contribution in [1.82, 2.24) is 10.2 Å². The average molecular weight is 627 g/mol. The predicted octanol–water partition coefficient (Wildman–Crippen LogP) is 5.82. The first-order chi connectivity index (χ1) is 19.1. The second kappa shape index (κ2) is 13.5. The number of nitrogens with one attached hydrogen (secondary N) is 1. The summed E-state index contributed by atoms with van der Waals surface area (Å²) in [6.45, 7) is 3.28. The number of sulfonamides is 1. The summed E-state index contributed by atoms with van der Waals surface area (Å²) in [7, 11) is -4.07. The Morgan fingerprint density at radius 1 is 0.950 bits per heavy atom. The number of amides is 2. The van der Waals surface area contributed by atoms with Gasteiger partial charge in [-0.25, -0.2) is 8.42 Å². The number of carbonyl (C=O) groups is 2. The number of anilines is 1. The molecule has 1 aliphatic rings. The number of benzene rings is 3. The van der Waals surface area contributed by atoms with Crippen molar-refractivity contribution in [2.75, 3.05) is 10.8 Å². The Balaban J connectivity index is 1.67.